The Labute approximate surface area is 178 Å². The number of aromatic nitrogens is 2. The summed E-state index contributed by atoms with van der Waals surface area (Å²) in [5, 5.41) is 4.68. The molecule has 2 fully saturated rings. The molecule has 0 spiro atoms. The summed E-state index contributed by atoms with van der Waals surface area (Å²) in [5.41, 5.74) is 1.29. The molecule has 1 amide bonds. The summed E-state index contributed by atoms with van der Waals surface area (Å²) in [5.74, 6) is 0.0131. The number of halogens is 4. The summed E-state index contributed by atoms with van der Waals surface area (Å²) in [4.78, 5) is 16.8. The van der Waals surface area contributed by atoms with Crippen LogP contribution < -0.4 is 0 Å². The van der Waals surface area contributed by atoms with E-state index < -0.39 is 12.1 Å². The van der Waals surface area contributed by atoms with E-state index in [0.29, 0.717) is 23.8 Å². The van der Waals surface area contributed by atoms with Gasteiger partial charge in [0.2, 0.25) is 5.91 Å². The lowest BCUT2D eigenvalue weighted by Gasteiger charge is -2.34. The molecule has 1 saturated carbocycles. The highest BCUT2D eigenvalue weighted by molar-refractivity contribution is 6.32. The quantitative estimate of drug-likeness (QED) is 0.667. The average molecular weight is 443 g/mol. The first-order valence-corrected chi connectivity index (χ1v) is 10.5. The normalized spacial score (nSPS) is 17.9. The SMILES string of the molecule is O=C(Cn1nc(C(F)F)c(Cl)c1C1CC1)N1CCN(Cc2cccc(Cl)c2)CC1. The number of piperazine rings is 1. The number of rotatable bonds is 6. The smallest absolute Gasteiger partial charge is 0.283 e. The Morgan fingerprint density at radius 1 is 1.17 bits per heavy atom. The van der Waals surface area contributed by atoms with Crippen LogP contribution in [0.3, 0.4) is 0 Å². The van der Waals surface area contributed by atoms with Gasteiger partial charge < -0.3 is 4.90 Å². The number of benzene rings is 1. The van der Waals surface area contributed by atoms with Crippen molar-refractivity contribution in [3.8, 4) is 0 Å². The molecule has 9 heteroatoms. The predicted molar refractivity (Wildman–Crippen MR) is 107 cm³/mol. The molecule has 156 valence electrons. The van der Waals surface area contributed by atoms with E-state index in [1.807, 2.05) is 24.3 Å². The predicted octanol–water partition coefficient (Wildman–Crippen LogP) is 4.35. The van der Waals surface area contributed by atoms with Crippen LogP contribution in [-0.4, -0.2) is 51.7 Å². The van der Waals surface area contributed by atoms with Gasteiger partial charge in [-0.1, -0.05) is 35.3 Å². The molecule has 29 heavy (non-hydrogen) atoms. The van der Waals surface area contributed by atoms with Crippen molar-refractivity contribution in [1.29, 1.82) is 0 Å². The number of nitrogens with zero attached hydrogens (tertiary/aromatic N) is 4. The summed E-state index contributed by atoms with van der Waals surface area (Å²) < 4.78 is 27.7. The molecule has 2 aromatic rings. The molecule has 1 aliphatic carbocycles. The zero-order valence-corrected chi connectivity index (χ0v) is 17.3. The van der Waals surface area contributed by atoms with Crippen LogP contribution in [0, 0.1) is 0 Å². The summed E-state index contributed by atoms with van der Waals surface area (Å²) in [7, 11) is 0. The van der Waals surface area contributed by atoms with E-state index in [0.717, 1.165) is 38.0 Å². The lowest BCUT2D eigenvalue weighted by Crippen LogP contribution is -2.49. The molecular weight excluding hydrogens is 421 g/mol. The van der Waals surface area contributed by atoms with Gasteiger partial charge in [-0.3, -0.25) is 14.4 Å². The Morgan fingerprint density at radius 2 is 1.90 bits per heavy atom. The van der Waals surface area contributed by atoms with Crippen molar-refractivity contribution >= 4 is 29.1 Å². The topological polar surface area (TPSA) is 41.4 Å². The lowest BCUT2D eigenvalue weighted by atomic mass is 10.2. The van der Waals surface area contributed by atoms with Crippen LogP contribution in [-0.2, 0) is 17.9 Å². The van der Waals surface area contributed by atoms with E-state index in [9.17, 15) is 13.6 Å². The molecule has 0 unspecified atom stereocenters. The monoisotopic (exact) mass is 442 g/mol. The highest BCUT2D eigenvalue weighted by atomic mass is 35.5. The Hall–Kier alpha value is -1.70. The maximum atomic E-state index is 13.2. The zero-order chi connectivity index (χ0) is 20.5. The summed E-state index contributed by atoms with van der Waals surface area (Å²) in [6.45, 7) is 3.41. The van der Waals surface area contributed by atoms with E-state index in [4.69, 9.17) is 23.2 Å². The van der Waals surface area contributed by atoms with Gasteiger partial charge in [-0.15, -0.1) is 0 Å². The van der Waals surface area contributed by atoms with Gasteiger partial charge >= 0.3 is 0 Å². The first kappa shape index (κ1) is 20.6. The fourth-order valence-electron chi connectivity index (χ4n) is 3.76. The van der Waals surface area contributed by atoms with Crippen LogP contribution in [0.15, 0.2) is 24.3 Å². The Kier molecular flexibility index (Phi) is 6.08. The summed E-state index contributed by atoms with van der Waals surface area (Å²) in [6.07, 6.45) is -0.957. The molecule has 1 aromatic heterocycles. The second kappa shape index (κ2) is 8.58. The first-order chi connectivity index (χ1) is 13.9. The number of hydrogen-bond acceptors (Lipinski definition) is 3. The van der Waals surface area contributed by atoms with Gasteiger partial charge in [0, 0.05) is 43.7 Å². The molecule has 1 saturated heterocycles. The van der Waals surface area contributed by atoms with Crippen LogP contribution in [0.5, 0.6) is 0 Å². The van der Waals surface area contributed by atoms with E-state index >= 15 is 0 Å². The van der Waals surface area contributed by atoms with Gasteiger partial charge in [-0.2, -0.15) is 5.10 Å². The number of amides is 1. The third-order valence-corrected chi connectivity index (χ3v) is 6.05. The van der Waals surface area contributed by atoms with E-state index in [2.05, 4.69) is 10.00 Å². The zero-order valence-electron chi connectivity index (χ0n) is 15.8. The van der Waals surface area contributed by atoms with Gasteiger partial charge in [0.1, 0.15) is 12.2 Å². The van der Waals surface area contributed by atoms with E-state index in [-0.39, 0.29) is 23.4 Å². The van der Waals surface area contributed by atoms with Crippen molar-refractivity contribution in [1.82, 2.24) is 19.6 Å². The molecule has 0 atom stereocenters. The summed E-state index contributed by atoms with van der Waals surface area (Å²) in [6, 6.07) is 7.75. The first-order valence-electron chi connectivity index (χ1n) is 9.71. The Morgan fingerprint density at radius 3 is 2.52 bits per heavy atom. The van der Waals surface area contributed by atoms with Gasteiger partial charge in [-0.25, -0.2) is 8.78 Å². The lowest BCUT2D eigenvalue weighted by molar-refractivity contribution is -0.133. The fourth-order valence-corrected chi connectivity index (χ4v) is 4.34. The minimum absolute atomic E-state index is 0.0154. The van der Waals surface area contributed by atoms with Gasteiger partial charge in [-0.05, 0) is 30.5 Å². The number of alkyl halides is 2. The maximum absolute atomic E-state index is 13.2. The minimum Gasteiger partial charge on any atom is -0.339 e. The number of carbonyl (C=O) groups is 1. The van der Waals surface area contributed by atoms with Gasteiger partial charge in [0.15, 0.2) is 0 Å². The summed E-state index contributed by atoms with van der Waals surface area (Å²) >= 11 is 12.2. The van der Waals surface area contributed by atoms with Crippen LogP contribution in [0.2, 0.25) is 10.0 Å². The van der Waals surface area contributed by atoms with E-state index in [1.54, 1.807) is 4.90 Å². The Bertz CT molecular complexity index is 893. The second-order valence-corrected chi connectivity index (χ2v) is 8.42. The molecule has 0 bridgehead atoms. The number of carbonyl (C=O) groups excluding carboxylic acids is 1. The van der Waals surface area contributed by atoms with Crippen LogP contribution in [0.25, 0.3) is 0 Å². The fraction of sp³-hybridized carbons (Fsp3) is 0.500. The van der Waals surface area contributed by atoms with Crippen LogP contribution in [0.1, 0.15) is 42.1 Å². The average Bonchev–Trinajstić information content (AvgIpc) is 3.46. The molecule has 2 heterocycles. The minimum atomic E-state index is -2.74. The molecule has 1 aliphatic heterocycles. The van der Waals surface area contributed by atoms with Crippen LogP contribution in [0.4, 0.5) is 8.78 Å². The van der Waals surface area contributed by atoms with Crippen molar-refractivity contribution in [2.45, 2.75) is 38.3 Å². The number of hydrogen-bond donors (Lipinski definition) is 0. The standard InChI is InChI=1S/C20H22Cl2F2N4O/c21-15-3-1-2-13(10-15)11-26-6-8-27(9-7-26)16(29)12-28-19(14-4-5-14)17(22)18(25-28)20(23)24/h1-3,10,14,20H,4-9,11-12H2. The van der Waals surface area contributed by atoms with Crippen molar-refractivity contribution < 1.29 is 13.6 Å². The van der Waals surface area contributed by atoms with Crippen molar-refractivity contribution in [3.63, 3.8) is 0 Å². The maximum Gasteiger partial charge on any atom is 0.283 e. The third kappa shape index (κ3) is 4.73. The molecule has 5 nitrogen and oxygen atoms in total. The highest BCUT2D eigenvalue weighted by Crippen LogP contribution is 2.45. The molecule has 2 aliphatic rings. The van der Waals surface area contributed by atoms with Gasteiger partial charge in [0.25, 0.3) is 6.43 Å². The largest absolute Gasteiger partial charge is 0.339 e. The molecule has 1 aromatic carbocycles. The molecular formula is C20H22Cl2F2N4O. The molecule has 4 rings (SSSR count). The van der Waals surface area contributed by atoms with Crippen molar-refractivity contribution in [2.75, 3.05) is 26.2 Å². The van der Waals surface area contributed by atoms with Gasteiger partial charge in [0.05, 0.1) is 10.7 Å². The molecule has 0 N–H and O–H groups in total. The second-order valence-electron chi connectivity index (χ2n) is 7.60. The van der Waals surface area contributed by atoms with Crippen molar-refractivity contribution in [3.05, 3.63) is 51.3 Å². The van der Waals surface area contributed by atoms with Crippen molar-refractivity contribution in [2.24, 2.45) is 0 Å². The third-order valence-electron chi connectivity index (χ3n) is 5.43. The van der Waals surface area contributed by atoms with E-state index in [1.165, 1.54) is 4.68 Å². The highest BCUT2D eigenvalue weighted by Gasteiger charge is 2.35. The Balaban J connectivity index is 1.36. The molecule has 0 radical (unpaired) electrons. The van der Waals surface area contributed by atoms with Crippen LogP contribution >= 0.6 is 23.2 Å².